The van der Waals surface area contributed by atoms with Crippen LogP contribution >= 0.6 is 11.8 Å². The summed E-state index contributed by atoms with van der Waals surface area (Å²) >= 11 is 1.12. The summed E-state index contributed by atoms with van der Waals surface area (Å²) in [5.74, 6) is -0.397. The minimum absolute atomic E-state index is 0.0455. The van der Waals surface area contributed by atoms with Crippen molar-refractivity contribution in [1.82, 2.24) is 14.9 Å². The number of amides is 2. The van der Waals surface area contributed by atoms with Gasteiger partial charge in [-0.1, -0.05) is 36.9 Å². The highest BCUT2D eigenvalue weighted by atomic mass is 32.2. The Morgan fingerprint density at radius 3 is 2.76 bits per heavy atom. The average Bonchev–Trinajstić information content (AvgIpc) is 2.60. The van der Waals surface area contributed by atoms with E-state index in [0.29, 0.717) is 5.16 Å². The van der Waals surface area contributed by atoms with Crippen LogP contribution in [0.15, 0.2) is 46.5 Å². The topological polar surface area (TPSA) is 95.2 Å². The number of likely N-dealkylation sites (N-methyl/N-ethyl adjacent to an activating group) is 1. The first kappa shape index (κ1) is 18.7. The van der Waals surface area contributed by atoms with Crippen molar-refractivity contribution in [2.24, 2.45) is 0 Å². The number of benzene rings is 1. The number of aromatic amines is 1. The van der Waals surface area contributed by atoms with Crippen molar-refractivity contribution in [3.05, 3.63) is 52.4 Å². The van der Waals surface area contributed by atoms with E-state index in [1.165, 1.54) is 17.2 Å². The van der Waals surface area contributed by atoms with Gasteiger partial charge in [0.05, 0.1) is 12.3 Å². The molecule has 8 heteroatoms. The van der Waals surface area contributed by atoms with Gasteiger partial charge in [0.15, 0.2) is 5.16 Å². The molecule has 2 aromatic rings. The minimum Gasteiger partial charge on any atom is -0.336 e. The first-order chi connectivity index (χ1) is 12.0. The molecule has 0 fully saturated rings. The molecule has 0 saturated carbocycles. The third-order valence-electron chi connectivity index (χ3n) is 3.46. The lowest BCUT2D eigenvalue weighted by molar-refractivity contribution is -0.131. The molecule has 0 radical (unpaired) electrons. The maximum absolute atomic E-state index is 12.1. The molecule has 0 spiro atoms. The van der Waals surface area contributed by atoms with Gasteiger partial charge in [-0.25, -0.2) is 4.98 Å². The molecule has 1 aromatic heterocycles. The van der Waals surface area contributed by atoms with Crippen LogP contribution in [-0.4, -0.2) is 46.0 Å². The number of nitrogens with one attached hydrogen (secondary N) is 2. The zero-order valence-corrected chi connectivity index (χ0v) is 14.9. The fraction of sp³-hybridized carbons (Fsp3) is 0.294. The Balaban J connectivity index is 1.85. The number of para-hydroxylation sites is 1. The fourth-order valence-electron chi connectivity index (χ4n) is 2.11. The molecule has 2 amide bonds. The summed E-state index contributed by atoms with van der Waals surface area (Å²) in [5, 5.41) is 3.20. The highest BCUT2D eigenvalue weighted by molar-refractivity contribution is 7.99. The van der Waals surface area contributed by atoms with Crippen LogP contribution in [0.1, 0.15) is 12.5 Å². The molecule has 2 rings (SSSR count). The minimum atomic E-state index is -0.271. The molecule has 0 aliphatic heterocycles. The zero-order valence-electron chi connectivity index (χ0n) is 14.1. The maximum atomic E-state index is 12.1. The third-order valence-corrected chi connectivity index (χ3v) is 4.33. The average molecular weight is 360 g/mol. The number of carbonyl (C=O) groups is 2. The largest absolute Gasteiger partial charge is 0.336 e. The van der Waals surface area contributed by atoms with Crippen LogP contribution in [0.3, 0.4) is 0 Å². The van der Waals surface area contributed by atoms with Crippen LogP contribution in [0.2, 0.25) is 0 Å². The van der Waals surface area contributed by atoms with Crippen molar-refractivity contribution in [2.75, 3.05) is 24.7 Å². The molecule has 0 saturated heterocycles. The Labute approximate surface area is 149 Å². The molecule has 1 aromatic carbocycles. The number of hydrogen-bond acceptors (Lipinski definition) is 5. The van der Waals surface area contributed by atoms with Gasteiger partial charge >= 0.3 is 0 Å². The molecule has 0 aliphatic carbocycles. The Hall–Kier alpha value is -2.61. The summed E-state index contributed by atoms with van der Waals surface area (Å²) in [4.78, 5) is 43.3. The van der Waals surface area contributed by atoms with Gasteiger partial charge in [-0.05, 0) is 18.1 Å². The highest BCUT2D eigenvalue weighted by Gasteiger charge is 2.14. The van der Waals surface area contributed by atoms with Gasteiger partial charge in [0.1, 0.15) is 0 Å². The second-order valence-electron chi connectivity index (χ2n) is 5.34. The normalized spacial score (nSPS) is 10.3. The van der Waals surface area contributed by atoms with Crippen LogP contribution < -0.4 is 10.9 Å². The molecule has 0 atom stereocenters. The quantitative estimate of drug-likeness (QED) is 0.577. The molecule has 132 valence electrons. The second-order valence-corrected chi connectivity index (χ2v) is 6.30. The van der Waals surface area contributed by atoms with Crippen molar-refractivity contribution < 1.29 is 9.59 Å². The highest BCUT2D eigenvalue weighted by Crippen LogP contribution is 2.15. The first-order valence-corrected chi connectivity index (χ1v) is 8.78. The Kier molecular flexibility index (Phi) is 6.76. The molecule has 0 unspecified atom stereocenters. The summed E-state index contributed by atoms with van der Waals surface area (Å²) in [6.07, 6.45) is 2.19. The van der Waals surface area contributed by atoms with E-state index in [2.05, 4.69) is 15.3 Å². The monoisotopic (exact) mass is 360 g/mol. The van der Waals surface area contributed by atoms with Crippen molar-refractivity contribution in [3.63, 3.8) is 0 Å². The van der Waals surface area contributed by atoms with E-state index in [9.17, 15) is 14.4 Å². The predicted octanol–water partition coefficient (Wildman–Crippen LogP) is 1.52. The molecule has 1 heterocycles. The van der Waals surface area contributed by atoms with Crippen LogP contribution in [0, 0.1) is 0 Å². The Morgan fingerprint density at radius 1 is 1.28 bits per heavy atom. The van der Waals surface area contributed by atoms with Crippen molar-refractivity contribution in [1.29, 1.82) is 0 Å². The summed E-state index contributed by atoms with van der Waals surface area (Å²) < 4.78 is 0. The van der Waals surface area contributed by atoms with E-state index in [0.717, 1.165) is 29.4 Å². The van der Waals surface area contributed by atoms with Crippen LogP contribution in [0.25, 0.3) is 0 Å². The van der Waals surface area contributed by atoms with Crippen LogP contribution in [-0.2, 0) is 16.0 Å². The number of H-pyrrole nitrogens is 1. The summed E-state index contributed by atoms with van der Waals surface area (Å²) in [6.45, 7) is 1.97. The smallest absolute Gasteiger partial charge is 0.251 e. The number of aromatic nitrogens is 2. The number of anilines is 1. The number of hydrogen-bond donors (Lipinski definition) is 2. The predicted molar refractivity (Wildman–Crippen MR) is 97.7 cm³/mol. The Morgan fingerprint density at radius 2 is 2.04 bits per heavy atom. The lowest BCUT2D eigenvalue weighted by Gasteiger charge is -2.17. The molecule has 2 N–H and O–H groups in total. The number of thioether (sulfide) groups is 1. The van der Waals surface area contributed by atoms with E-state index in [1.807, 2.05) is 31.2 Å². The molecular weight excluding hydrogens is 340 g/mol. The maximum Gasteiger partial charge on any atom is 0.251 e. The molecule has 0 aliphatic rings. The Bertz CT molecular complexity index is 806. The van der Waals surface area contributed by atoms with E-state index < -0.39 is 0 Å². The molecular formula is C17H20N4O3S. The van der Waals surface area contributed by atoms with Crippen molar-refractivity contribution in [3.8, 4) is 0 Å². The van der Waals surface area contributed by atoms with E-state index in [4.69, 9.17) is 0 Å². The van der Waals surface area contributed by atoms with Crippen molar-refractivity contribution >= 4 is 29.3 Å². The SMILES string of the molecule is CCc1ccccc1NC(=O)CN(C)C(=O)CSc1nccc(=O)[nH]1. The van der Waals surface area contributed by atoms with E-state index >= 15 is 0 Å². The third kappa shape index (κ3) is 5.75. The first-order valence-electron chi connectivity index (χ1n) is 7.79. The lowest BCUT2D eigenvalue weighted by Crippen LogP contribution is -2.36. The van der Waals surface area contributed by atoms with E-state index in [1.54, 1.807) is 7.05 Å². The summed E-state index contributed by atoms with van der Waals surface area (Å²) in [6, 6.07) is 8.87. The lowest BCUT2D eigenvalue weighted by atomic mass is 10.1. The van der Waals surface area contributed by atoms with Gasteiger partial charge in [0.2, 0.25) is 11.8 Å². The fourth-order valence-corrected chi connectivity index (χ4v) is 2.90. The van der Waals surface area contributed by atoms with Gasteiger partial charge in [-0.15, -0.1) is 0 Å². The number of carbonyl (C=O) groups excluding carboxylic acids is 2. The zero-order chi connectivity index (χ0) is 18.2. The van der Waals surface area contributed by atoms with Gasteiger partial charge in [0, 0.05) is 25.0 Å². The van der Waals surface area contributed by atoms with Gasteiger partial charge < -0.3 is 15.2 Å². The summed E-state index contributed by atoms with van der Waals surface area (Å²) in [5.41, 5.74) is 1.53. The summed E-state index contributed by atoms with van der Waals surface area (Å²) in [7, 11) is 1.56. The van der Waals surface area contributed by atoms with Crippen molar-refractivity contribution in [2.45, 2.75) is 18.5 Å². The standard InChI is InChI=1S/C17H20N4O3S/c1-3-12-6-4-5-7-13(12)19-15(23)10-21(2)16(24)11-25-17-18-9-8-14(22)20-17/h4-9H,3,10-11H2,1-2H3,(H,19,23)(H,18,20,22). The van der Waals surface area contributed by atoms with Gasteiger partial charge in [-0.3, -0.25) is 14.4 Å². The molecule has 0 bridgehead atoms. The molecule has 7 nitrogen and oxygen atoms in total. The number of aryl methyl sites for hydroxylation is 1. The number of nitrogens with zero attached hydrogens (tertiary/aromatic N) is 2. The second kappa shape index (κ2) is 9.03. The number of rotatable bonds is 7. The van der Waals surface area contributed by atoms with E-state index in [-0.39, 0.29) is 29.7 Å². The van der Waals surface area contributed by atoms with Gasteiger partial charge in [-0.2, -0.15) is 0 Å². The van der Waals surface area contributed by atoms with Crippen LogP contribution in [0.4, 0.5) is 5.69 Å². The molecule has 25 heavy (non-hydrogen) atoms. The van der Waals surface area contributed by atoms with Crippen LogP contribution in [0.5, 0.6) is 0 Å². The van der Waals surface area contributed by atoms with Gasteiger partial charge in [0.25, 0.3) is 5.56 Å².